The lowest BCUT2D eigenvalue weighted by Gasteiger charge is -2.13. The lowest BCUT2D eigenvalue weighted by atomic mass is 10.1. The molecule has 0 aromatic heterocycles. The minimum absolute atomic E-state index is 0.392. The van der Waals surface area contributed by atoms with E-state index in [0.29, 0.717) is 11.8 Å². The molecule has 1 fully saturated rings. The number of para-hydroxylation sites is 1. The SMILES string of the molecule is C[C@@H](NCc1ccccc1O)C1CC1. The summed E-state index contributed by atoms with van der Waals surface area (Å²) in [6.45, 7) is 2.99. The minimum atomic E-state index is 0.392. The number of nitrogens with one attached hydrogen (secondary N) is 1. The summed E-state index contributed by atoms with van der Waals surface area (Å²) in [5.41, 5.74) is 0.986. The van der Waals surface area contributed by atoms with Crippen LogP contribution in [0.1, 0.15) is 25.3 Å². The lowest BCUT2D eigenvalue weighted by Crippen LogP contribution is -2.27. The summed E-state index contributed by atoms with van der Waals surface area (Å²) in [4.78, 5) is 0. The highest BCUT2D eigenvalue weighted by molar-refractivity contribution is 5.31. The molecule has 0 bridgehead atoms. The molecule has 1 aliphatic carbocycles. The van der Waals surface area contributed by atoms with E-state index in [4.69, 9.17) is 0 Å². The Hall–Kier alpha value is -1.02. The van der Waals surface area contributed by atoms with Crippen LogP contribution in [0.3, 0.4) is 0 Å². The van der Waals surface area contributed by atoms with E-state index in [1.165, 1.54) is 12.8 Å². The van der Waals surface area contributed by atoms with Crippen LogP contribution < -0.4 is 5.32 Å². The number of rotatable bonds is 4. The third-order valence-corrected chi connectivity index (χ3v) is 2.94. The van der Waals surface area contributed by atoms with Crippen molar-refractivity contribution in [2.24, 2.45) is 5.92 Å². The topological polar surface area (TPSA) is 32.3 Å². The van der Waals surface area contributed by atoms with Gasteiger partial charge in [-0.15, -0.1) is 0 Å². The van der Waals surface area contributed by atoms with Crippen molar-refractivity contribution in [3.05, 3.63) is 29.8 Å². The van der Waals surface area contributed by atoms with Gasteiger partial charge in [-0.3, -0.25) is 0 Å². The highest BCUT2D eigenvalue weighted by Gasteiger charge is 2.27. The van der Waals surface area contributed by atoms with Gasteiger partial charge in [0, 0.05) is 18.2 Å². The third kappa shape index (κ3) is 2.26. The van der Waals surface area contributed by atoms with Gasteiger partial charge >= 0.3 is 0 Å². The zero-order valence-corrected chi connectivity index (χ0v) is 8.53. The van der Waals surface area contributed by atoms with E-state index in [1.807, 2.05) is 18.2 Å². The van der Waals surface area contributed by atoms with Crippen molar-refractivity contribution in [1.29, 1.82) is 0 Å². The fourth-order valence-corrected chi connectivity index (χ4v) is 1.69. The minimum Gasteiger partial charge on any atom is -0.508 e. The van der Waals surface area contributed by atoms with Crippen LogP contribution in [-0.2, 0) is 6.54 Å². The van der Waals surface area contributed by atoms with Crippen molar-refractivity contribution in [3.8, 4) is 5.75 Å². The molecule has 0 radical (unpaired) electrons. The largest absolute Gasteiger partial charge is 0.508 e. The molecule has 2 heteroatoms. The fraction of sp³-hybridized carbons (Fsp3) is 0.500. The van der Waals surface area contributed by atoms with E-state index in [2.05, 4.69) is 12.2 Å². The first-order valence-corrected chi connectivity index (χ1v) is 5.27. The van der Waals surface area contributed by atoms with Crippen molar-refractivity contribution < 1.29 is 5.11 Å². The Morgan fingerprint density at radius 1 is 1.43 bits per heavy atom. The summed E-state index contributed by atoms with van der Waals surface area (Å²) in [6, 6.07) is 8.08. The van der Waals surface area contributed by atoms with Gasteiger partial charge in [0.25, 0.3) is 0 Å². The normalized spacial score (nSPS) is 18.1. The molecule has 1 aromatic carbocycles. The Bertz CT molecular complexity index is 307. The molecule has 0 heterocycles. The van der Waals surface area contributed by atoms with Crippen LogP contribution in [0.4, 0.5) is 0 Å². The molecule has 1 atom stereocenters. The number of hydrogen-bond donors (Lipinski definition) is 2. The van der Waals surface area contributed by atoms with Crippen LogP contribution in [0.5, 0.6) is 5.75 Å². The second-order valence-electron chi connectivity index (χ2n) is 4.14. The van der Waals surface area contributed by atoms with Gasteiger partial charge in [0.15, 0.2) is 0 Å². The van der Waals surface area contributed by atoms with Gasteiger partial charge in [0.1, 0.15) is 5.75 Å². The molecule has 1 aromatic rings. The molecule has 0 saturated heterocycles. The molecular formula is C12H17NO. The average molecular weight is 191 g/mol. The molecule has 0 amide bonds. The Balaban J connectivity index is 1.87. The average Bonchev–Trinajstić information content (AvgIpc) is 2.99. The Morgan fingerprint density at radius 2 is 2.14 bits per heavy atom. The molecule has 76 valence electrons. The van der Waals surface area contributed by atoms with E-state index in [1.54, 1.807) is 6.07 Å². The first-order chi connectivity index (χ1) is 6.77. The summed E-state index contributed by atoms with van der Waals surface area (Å²) < 4.78 is 0. The van der Waals surface area contributed by atoms with Crippen LogP contribution in [-0.4, -0.2) is 11.1 Å². The van der Waals surface area contributed by atoms with E-state index in [-0.39, 0.29) is 0 Å². The third-order valence-electron chi connectivity index (χ3n) is 2.94. The first kappa shape index (κ1) is 9.53. The van der Waals surface area contributed by atoms with E-state index in [9.17, 15) is 5.11 Å². The molecule has 0 unspecified atom stereocenters. The predicted molar refractivity (Wildman–Crippen MR) is 57.1 cm³/mol. The molecule has 0 spiro atoms. The monoisotopic (exact) mass is 191 g/mol. The van der Waals surface area contributed by atoms with Crippen LogP contribution >= 0.6 is 0 Å². The Kier molecular flexibility index (Phi) is 2.73. The van der Waals surface area contributed by atoms with Crippen molar-refractivity contribution >= 4 is 0 Å². The molecule has 2 nitrogen and oxygen atoms in total. The molecule has 2 N–H and O–H groups in total. The molecule has 2 rings (SSSR count). The maximum atomic E-state index is 9.54. The highest BCUT2D eigenvalue weighted by atomic mass is 16.3. The molecule has 14 heavy (non-hydrogen) atoms. The van der Waals surface area contributed by atoms with E-state index >= 15 is 0 Å². The second-order valence-corrected chi connectivity index (χ2v) is 4.14. The lowest BCUT2D eigenvalue weighted by molar-refractivity contribution is 0.451. The quantitative estimate of drug-likeness (QED) is 0.765. The van der Waals surface area contributed by atoms with Crippen LogP contribution in [0.15, 0.2) is 24.3 Å². The van der Waals surface area contributed by atoms with Crippen molar-refractivity contribution in [1.82, 2.24) is 5.32 Å². The number of benzene rings is 1. The number of aromatic hydroxyl groups is 1. The number of hydrogen-bond acceptors (Lipinski definition) is 2. The Morgan fingerprint density at radius 3 is 2.79 bits per heavy atom. The fourth-order valence-electron chi connectivity index (χ4n) is 1.69. The van der Waals surface area contributed by atoms with E-state index in [0.717, 1.165) is 18.0 Å². The summed E-state index contributed by atoms with van der Waals surface area (Å²) >= 11 is 0. The summed E-state index contributed by atoms with van der Waals surface area (Å²) in [5, 5.41) is 13.0. The van der Waals surface area contributed by atoms with Crippen molar-refractivity contribution in [2.45, 2.75) is 32.4 Å². The van der Waals surface area contributed by atoms with Gasteiger partial charge in [-0.1, -0.05) is 18.2 Å². The van der Waals surface area contributed by atoms with Gasteiger partial charge in [-0.2, -0.15) is 0 Å². The zero-order valence-electron chi connectivity index (χ0n) is 8.53. The first-order valence-electron chi connectivity index (χ1n) is 5.27. The molecular weight excluding hydrogens is 174 g/mol. The van der Waals surface area contributed by atoms with E-state index < -0.39 is 0 Å². The van der Waals surface area contributed by atoms with Crippen LogP contribution in [0.2, 0.25) is 0 Å². The number of phenols is 1. The Labute approximate surface area is 85.0 Å². The van der Waals surface area contributed by atoms with Gasteiger partial charge in [0.05, 0.1) is 0 Å². The second kappa shape index (κ2) is 4.01. The van der Waals surface area contributed by atoms with Gasteiger partial charge in [-0.05, 0) is 31.7 Å². The smallest absolute Gasteiger partial charge is 0.120 e. The van der Waals surface area contributed by atoms with Crippen molar-refractivity contribution in [3.63, 3.8) is 0 Å². The summed E-state index contributed by atoms with van der Waals surface area (Å²) in [5.74, 6) is 1.25. The summed E-state index contributed by atoms with van der Waals surface area (Å²) in [6.07, 6.45) is 2.71. The van der Waals surface area contributed by atoms with Crippen LogP contribution in [0.25, 0.3) is 0 Å². The predicted octanol–water partition coefficient (Wildman–Crippen LogP) is 2.28. The highest BCUT2D eigenvalue weighted by Crippen LogP contribution is 2.32. The molecule has 0 aliphatic heterocycles. The summed E-state index contributed by atoms with van der Waals surface area (Å²) in [7, 11) is 0. The standard InChI is InChI=1S/C12H17NO/c1-9(10-6-7-10)13-8-11-4-2-3-5-12(11)14/h2-5,9-10,13-14H,6-8H2,1H3/t9-/m1/s1. The van der Waals surface area contributed by atoms with Crippen LogP contribution in [0, 0.1) is 5.92 Å². The van der Waals surface area contributed by atoms with Crippen molar-refractivity contribution in [2.75, 3.05) is 0 Å². The van der Waals surface area contributed by atoms with Gasteiger partial charge in [0.2, 0.25) is 0 Å². The van der Waals surface area contributed by atoms with Gasteiger partial charge in [-0.25, -0.2) is 0 Å². The number of phenolic OH excluding ortho intramolecular Hbond substituents is 1. The zero-order chi connectivity index (χ0) is 9.97. The molecule has 1 saturated carbocycles. The maximum Gasteiger partial charge on any atom is 0.120 e. The van der Waals surface area contributed by atoms with Gasteiger partial charge < -0.3 is 10.4 Å². The maximum absolute atomic E-state index is 9.54. The molecule has 1 aliphatic rings.